The molecule has 2 atom stereocenters. The predicted molar refractivity (Wildman–Crippen MR) is 74.7 cm³/mol. The maximum atomic E-state index is 12.5. The van der Waals surface area contributed by atoms with Gasteiger partial charge in [0.15, 0.2) is 0 Å². The first-order chi connectivity index (χ1) is 9.98. The van der Waals surface area contributed by atoms with E-state index in [1.807, 2.05) is 0 Å². The first kappa shape index (κ1) is 16.6. The van der Waals surface area contributed by atoms with Crippen molar-refractivity contribution in [3.05, 3.63) is 48.0 Å². The summed E-state index contributed by atoms with van der Waals surface area (Å²) in [6, 6.07) is 8.89. The molecule has 0 aliphatic heterocycles. The highest BCUT2D eigenvalue weighted by atomic mass is 19.4. The third kappa shape index (κ3) is 2.23. The standard InChI is InChI=1S/C17H19F3O2/c1-14(2)15(3,9-10-17(18,19)20)16(14,13(21)22)11-12-7-5-4-6-8-12/h4-10H,11H2,1-3H3,(H,21,22)/p-1. The fourth-order valence-corrected chi connectivity index (χ4v) is 3.69. The molecule has 5 heteroatoms. The Labute approximate surface area is 127 Å². The molecule has 0 radical (unpaired) electrons. The summed E-state index contributed by atoms with van der Waals surface area (Å²) in [5.74, 6) is -1.31. The Balaban J connectivity index is 2.43. The lowest BCUT2D eigenvalue weighted by molar-refractivity contribution is -0.316. The number of alkyl halides is 3. The van der Waals surface area contributed by atoms with E-state index < -0.39 is 28.4 Å². The number of rotatable bonds is 4. The normalized spacial score (nSPS) is 30.5. The quantitative estimate of drug-likeness (QED) is 0.802. The molecule has 2 rings (SSSR count). The average Bonchev–Trinajstić information content (AvgIpc) is 2.79. The molecule has 0 bridgehead atoms. The minimum Gasteiger partial charge on any atom is -0.549 e. The molecular formula is C17H18F3O2-. The highest BCUT2D eigenvalue weighted by Crippen LogP contribution is 2.79. The Bertz CT molecular complexity index is 604. The van der Waals surface area contributed by atoms with Crippen molar-refractivity contribution in [2.75, 3.05) is 0 Å². The second-order valence-corrected chi connectivity index (χ2v) is 6.56. The maximum absolute atomic E-state index is 12.5. The molecule has 2 nitrogen and oxygen atoms in total. The first-order valence-electron chi connectivity index (χ1n) is 7.00. The van der Waals surface area contributed by atoms with E-state index in [2.05, 4.69) is 0 Å². The number of carbonyl (C=O) groups is 1. The predicted octanol–water partition coefficient (Wildman–Crippen LogP) is 3.13. The van der Waals surface area contributed by atoms with E-state index in [9.17, 15) is 23.1 Å². The SMILES string of the molecule is CC1(C)C(C)(C=CC(F)(F)F)C1(Cc1ccccc1)C(=O)[O-]. The highest BCUT2D eigenvalue weighted by Gasteiger charge is 2.78. The van der Waals surface area contributed by atoms with Crippen LogP contribution in [0.5, 0.6) is 0 Å². The Morgan fingerprint density at radius 2 is 1.73 bits per heavy atom. The molecule has 1 aromatic rings. The number of carboxylic acids is 1. The van der Waals surface area contributed by atoms with Crippen molar-refractivity contribution in [2.24, 2.45) is 16.2 Å². The fraction of sp³-hybridized carbons (Fsp3) is 0.471. The minimum absolute atomic E-state index is 0.129. The topological polar surface area (TPSA) is 40.1 Å². The van der Waals surface area contributed by atoms with E-state index in [1.54, 1.807) is 51.1 Å². The third-order valence-corrected chi connectivity index (χ3v) is 5.46. The summed E-state index contributed by atoms with van der Waals surface area (Å²) in [6.07, 6.45) is -3.22. The van der Waals surface area contributed by atoms with Crippen molar-refractivity contribution < 1.29 is 23.1 Å². The Kier molecular flexibility index (Phi) is 3.67. The number of benzene rings is 1. The van der Waals surface area contributed by atoms with Crippen molar-refractivity contribution in [3.63, 3.8) is 0 Å². The lowest BCUT2D eigenvalue weighted by Gasteiger charge is -2.23. The molecule has 1 aromatic carbocycles. The van der Waals surface area contributed by atoms with Crippen LogP contribution in [-0.2, 0) is 11.2 Å². The molecule has 120 valence electrons. The molecule has 2 unspecified atom stereocenters. The van der Waals surface area contributed by atoms with Gasteiger partial charge in [0, 0.05) is 22.9 Å². The Morgan fingerprint density at radius 1 is 1.18 bits per heavy atom. The molecule has 0 N–H and O–H groups in total. The number of aliphatic carboxylic acids is 1. The number of carbonyl (C=O) groups excluding carboxylic acids is 1. The van der Waals surface area contributed by atoms with Gasteiger partial charge in [-0.3, -0.25) is 0 Å². The molecule has 1 fully saturated rings. The first-order valence-corrected chi connectivity index (χ1v) is 7.00. The van der Waals surface area contributed by atoms with Crippen molar-refractivity contribution in [1.29, 1.82) is 0 Å². The van der Waals surface area contributed by atoms with E-state index in [0.717, 1.165) is 11.6 Å². The van der Waals surface area contributed by atoms with Crippen molar-refractivity contribution in [1.82, 2.24) is 0 Å². The van der Waals surface area contributed by atoms with Crippen LogP contribution in [0.25, 0.3) is 0 Å². The monoisotopic (exact) mass is 311 g/mol. The van der Waals surface area contributed by atoms with E-state index in [1.165, 1.54) is 0 Å². The summed E-state index contributed by atoms with van der Waals surface area (Å²) < 4.78 is 37.5. The molecule has 0 heterocycles. The van der Waals surface area contributed by atoms with Crippen LogP contribution < -0.4 is 5.11 Å². The second kappa shape index (κ2) is 4.86. The van der Waals surface area contributed by atoms with Crippen molar-refractivity contribution in [3.8, 4) is 0 Å². The molecule has 0 aromatic heterocycles. The van der Waals surface area contributed by atoms with Gasteiger partial charge < -0.3 is 9.90 Å². The summed E-state index contributed by atoms with van der Waals surface area (Å²) >= 11 is 0. The molecule has 22 heavy (non-hydrogen) atoms. The van der Waals surface area contributed by atoms with Crippen LogP contribution in [0.1, 0.15) is 26.3 Å². The molecule has 0 amide bonds. The Hall–Kier alpha value is -1.78. The van der Waals surface area contributed by atoms with E-state index in [0.29, 0.717) is 0 Å². The molecular weight excluding hydrogens is 293 g/mol. The van der Waals surface area contributed by atoms with Gasteiger partial charge in [-0.15, -0.1) is 0 Å². The molecule has 1 saturated carbocycles. The largest absolute Gasteiger partial charge is 0.549 e. The number of hydrogen-bond acceptors (Lipinski definition) is 2. The van der Waals surface area contributed by atoms with Crippen LogP contribution in [0.15, 0.2) is 42.5 Å². The van der Waals surface area contributed by atoms with Gasteiger partial charge in [-0.25, -0.2) is 0 Å². The zero-order valence-corrected chi connectivity index (χ0v) is 12.7. The van der Waals surface area contributed by atoms with Gasteiger partial charge >= 0.3 is 6.18 Å². The van der Waals surface area contributed by atoms with Crippen LogP contribution in [-0.4, -0.2) is 12.1 Å². The van der Waals surface area contributed by atoms with Gasteiger partial charge in [0.05, 0.1) is 0 Å². The summed E-state index contributed by atoms with van der Waals surface area (Å²) in [5, 5.41) is 11.8. The zero-order chi connectivity index (χ0) is 16.8. The lowest BCUT2D eigenvalue weighted by Crippen LogP contribution is -2.39. The Morgan fingerprint density at radius 3 is 2.18 bits per heavy atom. The summed E-state index contributed by atoms with van der Waals surface area (Å²) in [7, 11) is 0. The van der Waals surface area contributed by atoms with Gasteiger partial charge in [0.25, 0.3) is 0 Å². The van der Waals surface area contributed by atoms with Crippen LogP contribution in [0.2, 0.25) is 0 Å². The third-order valence-electron chi connectivity index (χ3n) is 5.46. The summed E-state index contributed by atoms with van der Waals surface area (Å²) in [6.45, 7) is 4.90. The van der Waals surface area contributed by atoms with Gasteiger partial charge in [0.2, 0.25) is 0 Å². The maximum Gasteiger partial charge on any atom is 0.409 e. The fourth-order valence-electron chi connectivity index (χ4n) is 3.69. The number of allylic oxidation sites excluding steroid dienone is 2. The van der Waals surface area contributed by atoms with Crippen molar-refractivity contribution >= 4 is 5.97 Å². The molecule has 0 spiro atoms. The van der Waals surface area contributed by atoms with Gasteiger partial charge in [-0.1, -0.05) is 57.2 Å². The molecule has 1 aliphatic rings. The second-order valence-electron chi connectivity index (χ2n) is 6.56. The van der Waals surface area contributed by atoms with Crippen molar-refractivity contribution in [2.45, 2.75) is 33.4 Å². The lowest BCUT2D eigenvalue weighted by atomic mass is 9.86. The van der Waals surface area contributed by atoms with E-state index in [4.69, 9.17) is 0 Å². The number of hydrogen-bond donors (Lipinski definition) is 0. The number of halogens is 3. The summed E-state index contributed by atoms with van der Waals surface area (Å²) in [5.41, 5.74) is -2.55. The van der Waals surface area contributed by atoms with Crippen LogP contribution in [0, 0.1) is 16.2 Å². The van der Waals surface area contributed by atoms with Crippen LogP contribution in [0.4, 0.5) is 13.2 Å². The van der Waals surface area contributed by atoms with Gasteiger partial charge in [-0.05, 0) is 17.4 Å². The highest BCUT2D eigenvalue weighted by molar-refractivity contribution is 5.82. The van der Waals surface area contributed by atoms with Gasteiger partial charge in [-0.2, -0.15) is 13.2 Å². The molecule has 0 saturated heterocycles. The minimum atomic E-state index is -4.47. The van der Waals surface area contributed by atoms with Gasteiger partial charge in [0.1, 0.15) is 0 Å². The smallest absolute Gasteiger partial charge is 0.409 e. The van der Waals surface area contributed by atoms with Crippen LogP contribution in [0.3, 0.4) is 0 Å². The zero-order valence-electron chi connectivity index (χ0n) is 12.7. The molecule has 1 aliphatic carbocycles. The van der Waals surface area contributed by atoms with E-state index >= 15 is 0 Å². The van der Waals surface area contributed by atoms with E-state index in [-0.39, 0.29) is 12.5 Å². The summed E-state index contributed by atoms with van der Waals surface area (Å²) in [4.78, 5) is 11.8. The number of carboxylic acid groups (broad SMARTS) is 1. The van der Waals surface area contributed by atoms with Crippen LogP contribution >= 0.6 is 0 Å². The average molecular weight is 311 g/mol.